The maximum Gasteiger partial charge on any atom is 0.291 e. The van der Waals surface area contributed by atoms with Crippen molar-refractivity contribution in [1.29, 1.82) is 0 Å². The fraction of sp³-hybridized carbons (Fsp3) is 0.0526. The second kappa shape index (κ2) is 7.81. The molecule has 0 unspecified atom stereocenters. The van der Waals surface area contributed by atoms with Gasteiger partial charge < -0.3 is 15.1 Å². The minimum absolute atomic E-state index is 0.186. The van der Waals surface area contributed by atoms with Gasteiger partial charge in [0.25, 0.3) is 11.8 Å². The fourth-order valence-corrected chi connectivity index (χ4v) is 2.55. The highest BCUT2D eigenvalue weighted by atomic mass is 79.9. The molecule has 25 heavy (non-hydrogen) atoms. The summed E-state index contributed by atoms with van der Waals surface area (Å²) in [5.74, 6) is -0.404. The molecule has 0 aliphatic carbocycles. The number of carbonyl (C=O) groups is 2. The van der Waals surface area contributed by atoms with Crippen molar-refractivity contribution in [2.75, 3.05) is 5.32 Å². The van der Waals surface area contributed by atoms with Crippen LogP contribution >= 0.6 is 15.9 Å². The summed E-state index contributed by atoms with van der Waals surface area (Å²) in [6.45, 7) is 0.441. The van der Waals surface area contributed by atoms with Crippen LogP contribution in [0.4, 0.5) is 5.69 Å². The van der Waals surface area contributed by atoms with Gasteiger partial charge in [0.15, 0.2) is 10.4 Å². The number of rotatable bonds is 5. The molecule has 0 spiro atoms. The molecule has 0 aliphatic rings. The van der Waals surface area contributed by atoms with Gasteiger partial charge in [0.05, 0.1) is 0 Å². The van der Waals surface area contributed by atoms with Crippen LogP contribution in [-0.4, -0.2) is 11.8 Å². The van der Waals surface area contributed by atoms with Crippen LogP contribution < -0.4 is 10.6 Å². The third-order valence-corrected chi connectivity index (χ3v) is 3.90. The van der Waals surface area contributed by atoms with E-state index < -0.39 is 0 Å². The van der Waals surface area contributed by atoms with Crippen LogP contribution in [0.5, 0.6) is 0 Å². The van der Waals surface area contributed by atoms with E-state index in [0.717, 1.165) is 5.56 Å². The van der Waals surface area contributed by atoms with Gasteiger partial charge in [0, 0.05) is 17.8 Å². The van der Waals surface area contributed by atoms with E-state index >= 15 is 0 Å². The van der Waals surface area contributed by atoms with Gasteiger partial charge in [-0.2, -0.15) is 0 Å². The predicted octanol–water partition coefficient (Wildman–Crippen LogP) is 4.22. The Labute approximate surface area is 153 Å². The van der Waals surface area contributed by atoms with E-state index in [1.165, 1.54) is 0 Å². The molecule has 126 valence electrons. The third-order valence-electron chi connectivity index (χ3n) is 3.48. The molecule has 2 aromatic carbocycles. The molecule has 1 heterocycles. The van der Waals surface area contributed by atoms with Crippen LogP contribution in [0.1, 0.15) is 26.5 Å². The van der Waals surface area contributed by atoms with Crippen LogP contribution in [0, 0.1) is 0 Å². The van der Waals surface area contributed by atoms with Crippen molar-refractivity contribution in [2.24, 2.45) is 0 Å². The van der Waals surface area contributed by atoms with E-state index in [-0.39, 0.29) is 17.6 Å². The quantitative estimate of drug-likeness (QED) is 0.675. The number of anilines is 1. The van der Waals surface area contributed by atoms with Gasteiger partial charge in [-0.3, -0.25) is 9.59 Å². The molecule has 3 rings (SSSR count). The smallest absolute Gasteiger partial charge is 0.291 e. The minimum Gasteiger partial charge on any atom is -0.444 e. The largest absolute Gasteiger partial charge is 0.444 e. The highest BCUT2D eigenvalue weighted by Crippen LogP contribution is 2.17. The van der Waals surface area contributed by atoms with Crippen LogP contribution in [0.3, 0.4) is 0 Å². The average Bonchev–Trinajstić information content (AvgIpc) is 3.07. The Morgan fingerprint density at radius 3 is 2.44 bits per heavy atom. The molecule has 1 aromatic heterocycles. The number of halogens is 1. The lowest BCUT2D eigenvalue weighted by molar-refractivity contribution is 0.0949. The first-order valence-corrected chi connectivity index (χ1v) is 8.40. The molecule has 5 nitrogen and oxygen atoms in total. The van der Waals surface area contributed by atoms with Crippen molar-refractivity contribution in [2.45, 2.75) is 6.54 Å². The fourth-order valence-electron chi connectivity index (χ4n) is 2.25. The highest BCUT2D eigenvalue weighted by molar-refractivity contribution is 9.10. The number of hydrogen-bond donors (Lipinski definition) is 2. The molecule has 3 aromatic rings. The Morgan fingerprint density at radius 2 is 1.72 bits per heavy atom. The van der Waals surface area contributed by atoms with Gasteiger partial charge in [-0.15, -0.1) is 0 Å². The molecule has 0 saturated heterocycles. The van der Waals surface area contributed by atoms with Crippen LogP contribution in [0.2, 0.25) is 0 Å². The summed E-state index contributed by atoms with van der Waals surface area (Å²) in [6.07, 6.45) is 0. The van der Waals surface area contributed by atoms with E-state index in [1.807, 2.05) is 30.3 Å². The van der Waals surface area contributed by atoms with Crippen molar-refractivity contribution in [3.8, 4) is 0 Å². The SMILES string of the molecule is O=C(NCc1ccccc1)c1cccc(NC(=O)c2ccc(Br)o2)c1. The summed E-state index contributed by atoms with van der Waals surface area (Å²) < 4.78 is 5.69. The van der Waals surface area contributed by atoms with Crippen LogP contribution in [0.15, 0.2) is 75.8 Å². The standard InChI is InChI=1S/C19H15BrN2O3/c20-17-10-9-16(25-17)19(24)22-15-8-4-7-14(11-15)18(23)21-12-13-5-2-1-3-6-13/h1-11H,12H2,(H,21,23)(H,22,24). The zero-order chi connectivity index (χ0) is 17.6. The van der Waals surface area contributed by atoms with Crippen molar-refractivity contribution in [3.63, 3.8) is 0 Å². The van der Waals surface area contributed by atoms with Gasteiger partial charge in [-0.1, -0.05) is 36.4 Å². The van der Waals surface area contributed by atoms with E-state index in [9.17, 15) is 9.59 Å². The molecule has 6 heteroatoms. The lowest BCUT2D eigenvalue weighted by atomic mass is 10.1. The topological polar surface area (TPSA) is 71.3 Å². The van der Waals surface area contributed by atoms with Gasteiger partial charge in [-0.05, 0) is 51.8 Å². The maximum absolute atomic E-state index is 12.3. The first-order valence-electron chi connectivity index (χ1n) is 7.61. The Balaban J connectivity index is 1.64. The molecule has 0 bridgehead atoms. The minimum atomic E-state index is -0.382. The molecule has 0 fully saturated rings. The Kier molecular flexibility index (Phi) is 5.30. The average molecular weight is 399 g/mol. The number of carbonyl (C=O) groups excluding carboxylic acids is 2. The number of furan rings is 1. The van der Waals surface area contributed by atoms with E-state index in [0.29, 0.717) is 22.5 Å². The zero-order valence-electron chi connectivity index (χ0n) is 13.2. The lowest BCUT2D eigenvalue weighted by Gasteiger charge is -2.08. The Bertz CT molecular complexity index is 890. The number of nitrogens with one attached hydrogen (secondary N) is 2. The molecule has 0 radical (unpaired) electrons. The van der Waals surface area contributed by atoms with Gasteiger partial charge >= 0.3 is 0 Å². The second-order valence-electron chi connectivity index (χ2n) is 5.31. The molecular weight excluding hydrogens is 384 g/mol. The summed E-state index contributed by atoms with van der Waals surface area (Å²) in [5.41, 5.74) is 2.00. The van der Waals surface area contributed by atoms with Gasteiger partial charge in [0.1, 0.15) is 0 Å². The van der Waals surface area contributed by atoms with Crippen LogP contribution in [-0.2, 0) is 6.54 Å². The third kappa shape index (κ3) is 4.58. The van der Waals surface area contributed by atoms with Gasteiger partial charge in [0.2, 0.25) is 0 Å². The first-order chi connectivity index (χ1) is 12.1. The molecular formula is C19H15BrN2O3. The summed E-state index contributed by atoms with van der Waals surface area (Å²) >= 11 is 3.15. The number of amides is 2. The molecule has 2 N–H and O–H groups in total. The van der Waals surface area contributed by atoms with Crippen LogP contribution in [0.25, 0.3) is 0 Å². The summed E-state index contributed by atoms with van der Waals surface area (Å²) in [4.78, 5) is 24.4. The number of benzene rings is 2. The maximum atomic E-state index is 12.3. The van der Waals surface area contributed by atoms with E-state index in [4.69, 9.17) is 4.42 Å². The second-order valence-corrected chi connectivity index (χ2v) is 6.09. The normalized spacial score (nSPS) is 10.3. The summed E-state index contributed by atoms with van der Waals surface area (Å²) in [5, 5.41) is 5.56. The first kappa shape index (κ1) is 17.0. The van der Waals surface area contributed by atoms with E-state index in [1.54, 1.807) is 36.4 Å². The molecule has 0 aliphatic heterocycles. The zero-order valence-corrected chi connectivity index (χ0v) is 14.7. The van der Waals surface area contributed by atoms with E-state index in [2.05, 4.69) is 26.6 Å². The molecule has 2 amide bonds. The molecule has 0 atom stereocenters. The van der Waals surface area contributed by atoms with Gasteiger partial charge in [-0.25, -0.2) is 0 Å². The summed E-state index contributed by atoms with van der Waals surface area (Å²) in [7, 11) is 0. The lowest BCUT2D eigenvalue weighted by Crippen LogP contribution is -2.23. The molecule has 0 saturated carbocycles. The Hall–Kier alpha value is -2.86. The number of hydrogen-bond acceptors (Lipinski definition) is 3. The monoisotopic (exact) mass is 398 g/mol. The highest BCUT2D eigenvalue weighted by Gasteiger charge is 2.12. The summed E-state index contributed by atoms with van der Waals surface area (Å²) in [6, 6.07) is 19.6. The Morgan fingerprint density at radius 1 is 0.920 bits per heavy atom. The van der Waals surface area contributed by atoms with Crippen molar-refractivity contribution >= 4 is 33.4 Å². The van der Waals surface area contributed by atoms with Crippen molar-refractivity contribution < 1.29 is 14.0 Å². The van der Waals surface area contributed by atoms with Crippen molar-refractivity contribution in [1.82, 2.24) is 5.32 Å². The predicted molar refractivity (Wildman–Crippen MR) is 98.4 cm³/mol. The van der Waals surface area contributed by atoms with Crippen molar-refractivity contribution in [3.05, 3.63) is 88.3 Å².